The number of hydrogen-bond acceptors (Lipinski definition) is 2. The van der Waals surface area contributed by atoms with Crippen molar-refractivity contribution in [1.82, 2.24) is 0 Å². The average Bonchev–Trinajstić information content (AvgIpc) is 2.60. The van der Waals surface area contributed by atoms with Crippen LogP contribution in [0.5, 0.6) is 0 Å². The van der Waals surface area contributed by atoms with E-state index >= 15 is 0 Å². The first-order chi connectivity index (χ1) is 7.99. The van der Waals surface area contributed by atoms with Crippen LogP contribution in [0.25, 0.3) is 0 Å². The second kappa shape index (κ2) is 4.63. The Morgan fingerprint density at radius 2 is 1.71 bits per heavy atom. The van der Waals surface area contributed by atoms with Crippen LogP contribution in [0.1, 0.15) is 38.0 Å². The van der Waals surface area contributed by atoms with Crippen molar-refractivity contribution < 1.29 is 0 Å². The van der Waals surface area contributed by atoms with Crippen molar-refractivity contribution in [3.05, 3.63) is 56.3 Å². The van der Waals surface area contributed by atoms with Crippen LogP contribution in [0.15, 0.2) is 24.3 Å². The van der Waals surface area contributed by atoms with E-state index in [4.69, 9.17) is 5.73 Å². The Morgan fingerprint density at radius 1 is 1.00 bits per heavy atom. The van der Waals surface area contributed by atoms with Crippen molar-refractivity contribution in [3.63, 3.8) is 0 Å². The molecular weight excluding hydrogens is 226 g/mol. The normalized spacial score (nSPS) is 12.8. The van der Waals surface area contributed by atoms with Gasteiger partial charge in [0, 0.05) is 9.75 Å². The van der Waals surface area contributed by atoms with E-state index in [9.17, 15) is 0 Å². The summed E-state index contributed by atoms with van der Waals surface area (Å²) in [5, 5.41) is 0. The molecule has 17 heavy (non-hydrogen) atoms. The maximum Gasteiger partial charge on any atom is 0.0651 e. The summed E-state index contributed by atoms with van der Waals surface area (Å²) in [6, 6.07) is 8.71. The molecule has 1 aromatic carbocycles. The first kappa shape index (κ1) is 12.3. The molecule has 0 aliphatic carbocycles. The molecule has 1 atom stereocenters. The van der Waals surface area contributed by atoms with Gasteiger partial charge in [-0.25, -0.2) is 0 Å². The van der Waals surface area contributed by atoms with E-state index in [-0.39, 0.29) is 6.04 Å². The number of thiophene rings is 1. The van der Waals surface area contributed by atoms with Crippen molar-refractivity contribution in [3.8, 4) is 0 Å². The highest BCUT2D eigenvalue weighted by Gasteiger charge is 2.16. The van der Waals surface area contributed by atoms with Gasteiger partial charge in [-0.05, 0) is 50.5 Å². The zero-order valence-electron chi connectivity index (χ0n) is 10.9. The van der Waals surface area contributed by atoms with Gasteiger partial charge in [0.05, 0.1) is 6.04 Å². The second-order valence-electron chi connectivity index (χ2n) is 4.74. The van der Waals surface area contributed by atoms with Gasteiger partial charge in [-0.2, -0.15) is 0 Å². The summed E-state index contributed by atoms with van der Waals surface area (Å²) in [4.78, 5) is 2.62. The van der Waals surface area contributed by atoms with E-state index in [1.807, 2.05) is 0 Å². The van der Waals surface area contributed by atoms with E-state index < -0.39 is 0 Å². The fraction of sp³-hybridized carbons (Fsp3) is 0.333. The average molecular weight is 245 g/mol. The van der Waals surface area contributed by atoms with Crippen LogP contribution >= 0.6 is 11.3 Å². The van der Waals surface area contributed by atoms with Gasteiger partial charge >= 0.3 is 0 Å². The Balaban J connectivity index is 2.46. The zero-order valence-corrected chi connectivity index (χ0v) is 11.7. The maximum atomic E-state index is 6.41. The molecule has 0 amide bonds. The van der Waals surface area contributed by atoms with E-state index in [0.717, 1.165) is 0 Å². The van der Waals surface area contributed by atoms with E-state index in [0.29, 0.717) is 0 Å². The van der Waals surface area contributed by atoms with E-state index in [1.165, 1.54) is 32.0 Å². The second-order valence-corrected chi connectivity index (χ2v) is 6.03. The van der Waals surface area contributed by atoms with Crippen molar-refractivity contribution in [2.24, 2.45) is 5.73 Å². The molecule has 2 N–H and O–H groups in total. The minimum Gasteiger partial charge on any atom is -0.320 e. The topological polar surface area (TPSA) is 26.0 Å². The number of benzene rings is 1. The molecule has 0 spiro atoms. The minimum atomic E-state index is 0.00796. The third-order valence-electron chi connectivity index (χ3n) is 3.13. The zero-order chi connectivity index (χ0) is 12.6. The van der Waals surface area contributed by atoms with Crippen LogP contribution in [0.3, 0.4) is 0 Å². The molecule has 2 rings (SSSR count). The van der Waals surface area contributed by atoms with Crippen LogP contribution in [-0.2, 0) is 0 Å². The van der Waals surface area contributed by atoms with Crippen LogP contribution in [0, 0.1) is 27.7 Å². The molecule has 90 valence electrons. The van der Waals surface area contributed by atoms with E-state index in [2.05, 4.69) is 52.0 Å². The lowest BCUT2D eigenvalue weighted by Gasteiger charge is -2.15. The summed E-state index contributed by atoms with van der Waals surface area (Å²) < 4.78 is 0. The Morgan fingerprint density at radius 3 is 2.29 bits per heavy atom. The molecule has 0 bridgehead atoms. The molecule has 0 saturated heterocycles. The molecule has 1 aromatic heterocycles. The van der Waals surface area contributed by atoms with Crippen molar-refractivity contribution >= 4 is 11.3 Å². The smallest absolute Gasteiger partial charge is 0.0651 e. The maximum absolute atomic E-state index is 6.41. The van der Waals surface area contributed by atoms with Crippen molar-refractivity contribution in [2.75, 3.05) is 0 Å². The first-order valence-electron chi connectivity index (χ1n) is 5.88. The summed E-state index contributed by atoms with van der Waals surface area (Å²) in [7, 11) is 0. The molecule has 0 aliphatic rings. The molecule has 0 aliphatic heterocycles. The van der Waals surface area contributed by atoms with Gasteiger partial charge in [0.25, 0.3) is 0 Å². The third-order valence-corrected chi connectivity index (χ3v) is 4.37. The summed E-state index contributed by atoms with van der Waals surface area (Å²) in [6.07, 6.45) is 0. The Bertz CT molecular complexity index is 540. The Hall–Kier alpha value is -1.12. The lowest BCUT2D eigenvalue weighted by molar-refractivity contribution is 0.873. The molecule has 0 radical (unpaired) electrons. The summed E-state index contributed by atoms with van der Waals surface area (Å²) in [6.45, 7) is 8.52. The van der Waals surface area contributed by atoms with Crippen LogP contribution in [-0.4, -0.2) is 0 Å². The van der Waals surface area contributed by atoms with Gasteiger partial charge in [-0.15, -0.1) is 11.3 Å². The van der Waals surface area contributed by atoms with Gasteiger partial charge in [0.15, 0.2) is 0 Å². The van der Waals surface area contributed by atoms with Gasteiger partial charge in [0.1, 0.15) is 0 Å². The molecule has 1 unspecified atom stereocenters. The van der Waals surface area contributed by atoms with Crippen LogP contribution in [0.2, 0.25) is 0 Å². The molecule has 1 nitrogen and oxygen atoms in total. The monoisotopic (exact) mass is 245 g/mol. The number of hydrogen-bond donors (Lipinski definition) is 1. The van der Waals surface area contributed by atoms with Gasteiger partial charge in [-0.1, -0.05) is 23.8 Å². The number of aryl methyl sites for hydroxylation is 4. The summed E-state index contributed by atoms with van der Waals surface area (Å²) in [5.74, 6) is 0. The first-order valence-corrected chi connectivity index (χ1v) is 6.70. The van der Waals surface area contributed by atoms with Crippen LogP contribution in [0.4, 0.5) is 0 Å². The lowest BCUT2D eigenvalue weighted by Crippen LogP contribution is -2.13. The largest absolute Gasteiger partial charge is 0.320 e. The van der Waals surface area contributed by atoms with Gasteiger partial charge < -0.3 is 5.73 Å². The summed E-state index contributed by atoms with van der Waals surface area (Å²) in [5.41, 5.74) is 11.5. The van der Waals surface area contributed by atoms with Crippen LogP contribution < -0.4 is 5.73 Å². The molecule has 1 heterocycles. The van der Waals surface area contributed by atoms with Gasteiger partial charge in [-0.3, -0.25) is 0 Å². The Labute approximate surface area is 107 Å². The highest BCUT2D eigenvalue weighted by atomic mass is 32.1. The quantitative estimate of drug-likeness (QED) is 0.849. The highest BCUT2D eigenvalue weighted by Crippen LogP contribution is 2.31. The molecule has 0 saturated carbocycles. The highest BCUT2D eigenvalue weighted by molar-refractivity contribution is 7.12. The van der Waals surface area contributed by atoms with Gasteiger partial charge in [0.2, 0.25) is 0 Å². The Kier molecular flexibility index (Phi) is 3.36. The number of rotatable bonds is 2. The molecule has 0 fully saturated rings. The van der Waals surface area contributed by atoms with E-state index in [1.54, 1.807) is 11.3 Å². The van der Waals surface area contributed by atoms with Crippen molar-refractivity contribution in [2.45, 2.75) is 33.7 Å². The predicted molar refractivity (Wildman–Crippen MR) is 75.7 cm³/mol. The fourth-order valence-corrected chi connectivity index (χ4v) is 3.26. The molecular formula is C15H19NS. The summed E-state index contributed by atoms with van der Waals surface area (Å²) >= 11 is 1.81. The number of nitrogens with two attached hydrogens (primary N) is 1. The minimum absolute atomic E-state index is 0.00796. The fourth-order valence-electron chi connectivity index (χ4n) is 2.20. The molecule has 2 aromatic rings. The standard InChI is InChI=1S/C15H19NS/c1-9-5-6-10(2)13(7-9)14(16)15-11(3)8-12(4)17-15/h5-8,14H,16H2,1-4H3. The predicted octanol–water partition coefficient (Wildman–Crippen LogP) is 4.03. The molecule has 2 heteroatoms. The SMILES string of the molecule is Cc1ccc(C)c(C(N)c2sc(C)cc2C)c1. The third kappa shape index (κ3) is 2.43. The lowest BCUT2D eigenvalue weighted by atomic mass is 9.97. The van der Waals surface area contributed by atoms with Crippen molar-refractivity contribution in [1.29, 1.82) is 0 Å².